The van der Waals surface area contributed by atoms with E-state index in [1.165, 1.54) is 4.68 Å². The average molecular weight is 369 g/mol. The van der Waals surface area contributed by atoms with Gasteiger partial charge in [-0.3, -0.25) is 9.59 Å². The summed E-state index contributed by atoms with van der Waals surface area (Å²) < 4.78 is 3.38. The van der Waals surface area contributed by atoms with Crippen LogP contribution in [0.1, 0.15) is 38.4 Å². The van der Waals surface area contributed by atoms with E-state index in [1.54, 1.807) is 18.3 Å². The summed E-state index contributed by atoms with van der Waals surface area (Å²) in [5, 5.41) is 6.13. The molecular formula is C20H23N3O2S. The largest absolute Gasteiger partial charge is 0.341 e. The SMILES string of the molecule is Cc1nn([C@@H](C)C(=O)N2CCC(C)CC2)c(=O)c2c1sc1ccccc12. The van der Waals surface area contributed by atoms with E-state index < -0.39 is 6.04 Å². The molecular weight excluding hydrogens is 346 g/mol. The first kappa shape index (κ1) is 17.2. The molecule has 2 aromatic heterocycles. The van der Waals surface area contributed by atoms with E-state index in [9.17, 15) is 9.59 Å². The van der Waals surface area contributed by atoms with E-state index in [0.717, 1.165) is 46.4 Å². The Morgan fingerprint density at radius 3 is 2.69 bits per heavy atom. The molecule has 1 saturated heterocycles. The summed E-state index contributed by atoms with van der Waals surface area (Å²) >= 11 is 1.59. The van der Waals surface area contributed by atoms with Crippen LogP contribution in [0, 0.1) is 12.8 Å². The third-order valence-corrected chi connectivity index (χ3v) is 6.70. The highest BCUT2D eigenvalue weighted by atomic mass is 32.1. The average Bonchev–Trinajstić information content (AvgIpc) is 3.04. The maximum Gasteiger partial charge on any atom is 0.276 e. The minimum Gasteiger partial charge on any atom is -0.341 e. The van der Waals surface area contributed by atoms with Crippen molar-refractivity contribution < 1.29 is 4.79 Å². The Labute approximate surface area is 156 Å². The van der Waals surface area contributed by atoms with Crippen LogP contribution in [0.15, 0.2) is 29.1 Å². The lowest BCUT2D eigenvalue weighted by atomic mass is 9.99. The van der Waals surface area contributed by atoms with Crippen molar-refractivity contribution in [2.24, 2.45) is 5.92 Å². The van der Waals surface area contributed by atoms with Crippen LogP contribution in [0.5, 0.6) is 0 Å². The highest BCUT2D eigenvalue weighted by Crippen LogP contribution is 2.33. The Balaban J connectivity index is 1.79. The minimum atomic E-state index is -0.585. The third kappa shape index (κ3) is 2.72. The number of rotatable bonds is 2. The van der Waals surface area contributed by atoms with Crippen LogP contribution < -0.4 is 5.56 Å². The fraction of sp³-hybridized carbons (Fsp3) is 0.450. The Morgan fingerprint density at radius 1 is 1.27 bits per heavy atom. The van der Waals surface area contributed by atoms with Crippen molar-refractivity contribution >= 4 is 37.4 Å². The summed E-state index contributed by atoms with van der Waals surface area (Å²) in [5.74, 6) is 0.649. The van der Waals surface area contributed by atoms with Crippen LogP contribution >= 0.6 is 11.3 Å². The minimum absolute atomic E-state index is 0.00946. The van der Waals surface area contributed by atoms with Crippen molar-refractivity contribution in [2.45, 2.75) is 39.7 Å². The molecule has 0 aliphatic carbocycles. The first-order chi connectivity index (χ1) is 12.5. The molecule has 3 heterocycles. The monoisotopic (exact) mass is 369 g/mol. The molecule has 4 rings (SSSR count). The van der Waals surface area contributed by atoms with Gasteiger partial charge in [0.1, 0.15) is 6.04 Å². The van der Waals surface area contributed by atoms with Gasteiger partial charge in [-0.15, -0.1) is 11.3 Å². The second kappa shape index (κ2) is 6.50. The van der Waals surface area contributed by atoms with Crippen molar-refractivity contribution in [1.29, 1.82) is 0 Å². The zero-order chi connectivity index (χ0) is 18.4. The molecule has 3 aromatic rings. The highest BCUT2D eigenvalue weighted by Gasteiger charge is 2.28. The number of amides is 1. The van der Waals surface area contributed by atoms with E-state index in [0.29, 0.717) is 11.3 Å². The Hall–Kier alpha value is -2.21. The number of hydrogen-bond acceptors (Lipinski definition) is 4. The topological polar surface area (TPSA) is 55.2 Å². The molecule has 136 valence electrons. The van der Waals surface area contributed by atoms with Crippen molar-refractivity contribution in [3.05, 3.63) is 40.3 Å². The summed E-state index contributed by atoms with van der Waals surface area (Å²) in [6, 6.07) is 7.32. The van der Waals surface area contributed by atoms with Gasteiger partial charge in [0.25, 0.3) is 5.56 Å². The predicted molar refractivity (Wildman–Crippen MR) is 106 cm³/mol. The zero-order valence-corrected chi connectivity index (χ0v) is 16.2. The number of hydrogen-bond donors (Lipinski definition) is 0. The summed E-state index contributed by atoms with van der Waals surface area (Å²) in [6.07, 6.45) is 2.04. The van der Waals surface area contributed by atoms with Crippen LogP contribution in [0.2, 0.25) is 0 Å². The molecule has 6 heteroatoms. The molecule has 1 aliphatic rings. The second-order valence-corrected chi connectivity index (χ2v) is 8.37. The smallest absolute Gasteiger partial charge is 0.276 e. The first-order valence-electron chi connectivity index (χ1n) is 9.17. The standard InChI is InChI=1S/C20H23N3O2S/c1-12-8-10-22(11-9-12)19(24)14(3)23-20(25)17-15-6-4-5-7-16(15)26-18(17)13(2)21-23/h4-7,12,14H,8-11H2,1-3H3/t14-/m0/s1. The number of benzene rings is 1. The molecule has 5 nitrogen and oxygen atoms in total. The maximum absolute atomic E-state index is 13.2. The molecule has 0 N–H and O–H groups in total. The quantitative estimate of drug-likeness (QED) is 0.691. The van der Waals surface area contributed by atoms with Gasteiger partial charge in [0, 0.05) is 23.2 Å². The number of aromatic nitrogens is 2. The summed E-state index contributed by atoms with van der Waals surface area (Å²) in [7, 11) is 0. The van der Waals surface area contributed by atoms with Gasteiger partial charge < -0.3 is 4.90 Å². The molecule has 0 saturated carbocycles. The van der Waals surface area contributed by atoms with Gasteiger partial charge >= 0.3 is 0 Å². The molecule has 0 unspecified atom stereocenters. The van der Waals surface area contributed by atoms with Crippen molar-refractivity contribution in [3.63, 3.8) is 0 Å². The van der Waals surface area contributed by atoms with Gasteiger partial charge in [-0.25, -0.2) is 4.68 Å². The van der Waals surface area contributed by atoms with Gasteiger partial charge in [0.15, 0.2) is 0 Å². The molecule has 0 spiro atoms. The summed E-state index contributed by atoms with van der Waals surface area (Å²) in [6.45, 7) is 7.45. The molecule has 1 fully saturated rings. The predicted octanol–water partition coefficient (Wildman–Crippen LogP) is 3.74. The summed E-state index contributed by atoms with van der Waals surface area (Å²) in [4.78, 5) is 28.0. The van der Waals surface area contributed by atoms with Crippen LogP contribution in [0.3, 0.4) is 0 Å². The van der Waals surface area contributed by atoms with Gasteiger partial charge in [-0.1, -0.05) is 25.1 Å². The van der Waals surface area contributed by atoms with Gasteiger partial charge in [-0.05, 0) is 38.7 Å². The van der Waals surface area contributed by atoms with E-state index in [4.69, 9.17) is 0 Å². The van der Waals surface area contributed by atoms with Crippen LogP contribution in [0.4, 0.5) is 0 Å². The molecule has 1 atom stereocenters. The molecule has 1 aliphatic heterocycles. The lowest BCUT2D eigenvalue weighted by Crippen LogP contribution is -2.43. The molecule has 26 heavy (non-hydrogen) atoms. The summed E-state index contributed by atoms with van der Waals surface area (Å²) in [5.41, 5.74) is 0.627. The first-order valence-corrected chi connectivity index (χ1v) is 9.98. The highest BCUT2D eigenvalue weighted by molar-refractivity contribution is 7.26. The Morgan fingerprint density at radius 2 is 1.96 bits per heavy atom. The number of thiophene rings is 1. The Kier molecular flexibility index (Phi) is 4.31. The fourth-order valence-electron chi connectivity index (χ4n) is 3.74. The van der Waals surface area contributed by atoms with Gasteiger partial charge in [-0.2, -0.15) is 5.10 Å². The second-order valence-electron chi connectivity index (χ2n) is 7.32. The Bertz CT molecular complexity index is 1040. The lowest BCUT2D eigenvalue weighted by Gasteiger charge is -2.32. The number of nitrogens with zero attached hydrogens (tertiary/aromatic N) is 3. The fourth-order valence-corrected chi connectivity index (χ4v) is 4.87. The molecule has 0 radical (unpaired) electrons. The number of piperidine rings is 1. The number of carbonyl (C=O) groups is 1. The van der Waals surface area contributed by atoms with E-state index in [2.05, 4.69) is 12.0 Å². The number of likely N-dealkylation sites (tertiary alicyclic amines) is 1. The molecule has 1 amide bonds. The zero-order valence-electron chi connectivity index (χ0n) is 15.4. The maximum atomic E-state index is 13.2. The number of carbonyl (C=O) groups excluding carboxylic acids is 1. The normalized spacial score (nSPS) is 17.1. The van der Waals surface area contributed by atoms with Crippen LogP contribution in [-0.2, 0) is 4.79 Å². The van der Waals surface area contributed by atoms with Crippen molar-refractivity contribution in [2.75, 3.05) is 13.1 Å². The van der Waals surface area contributed by atoms with Crippen LogP contribution in [0.25, 0.3) is 20.2 Å². The van der Waals surface area contributed by atoms with E-state index in [1.807, 2.05) is 36.1 Å². The number of fused-ring (bicyclic) bond motifs is 3. The molecule has 0 bridgehead atoms. The van der Waals surface area contributed by atoms with Crippen molar-refractivity contribution in [1.82, 2.24) is 14.7 Å². The van der Waals surface area contributed by atoms with E-state index in [-0.39, 0.29) is 11.5 Å². The van der Waals surface area contributed by atoms with Crippen molar-refractivity contribution in [3.8, 4) is 0 Å². The lowest BCUT2D eigenvalue weighted by molar-refractivity contribution is -0.136. The van der Waals surface area contributed by atoms with E-state index >= 15 is 0 Å². The van der Waals surface area contributed by atoms with Crippen LogP contribution in [-0.4, -0.2) is 33.7 Å². The third-order valence-electron chi connectivity index (χ3n) is 5.42. The molecule has 1 aromatic carbocycles. The number of aryl methyl sites for hydroxylation is 1. The van der Waals surface area contributed by atoms with Gasteiger partial charge in [0.05, 0.1) is 15.8 Å². The van der Waals surface area contributed by atoms with Gasteiger partial charge in [0.2, 0.25) is 5.91 Å².